The molecule has 13 heteroatoms. The second-order valence-corrected chi connectivity index (χ2v) is 20.5. The predicted octanol–water partition coefficient (Wildman–Crippen LogP) is 13.1. The van der Waals surface area contributed by atoms with Crippen LogP contribution in [0.4, 0.5) is 0 Å². The third-order valence-corrected chi connectivity index (χ3v) is 13.5. The summed E-state index contributed by atoms with van der Waals surface area (Å²) in [6.07, 6.45) is 49.6. The zero-order valence-electron chi connectivity index (χ0n) is 43.8. The molecule has 6 atom stereocenters. The second kappa shape index (κ2) is 46.6. The Morgan fingerprint density at radius 2 is 0.843 bits per heavy atom. The number of allylic oxidation sites excluding steroid dienone is 12. The summed E-state index contributed by atoms with van der Waals surface area (Å²) in [6, 6.07) is 0. The van der Waals surface area contributed by atoms with Crippen LogP contribution in [0, 0.1) is 0 Å². The highest BCUT2D eigenvalue weighted by atomic mass is 31.2. The smallest absolute Gasteiger partial charge is 0.457 e. The van der Waals surface area contributed by atoms with Crippen molar-refractivity contribution in [1.29, 1.82) is 0 Å². The Balaban J connectivity index is 2.32. The van der Waals surface area contributed by atoms with Gasteiger partial charge in [-0.3, -0.25) is 13.8 Å². The summed E-state index contributed by atoms with van der Waals surface area (Å²) in [7, 11) is -5.03. The highest BCUT2D eigenvalue weighted by Crippen LogP contribution is 2.47. The van der Waals surface area contributed by atoms with Crippen molar-refractivity contribution >= 4 is 13.8 Å². The zero-order valence-corrected chi connectivity index (χ0v) is 44.7. The lowest BCUT2D eigenvalue weighted by Crippen LogP contribution is -2.64. The first-order chi connectivity index (χ1) is 34.0. The third-order valence-electron chi connectivity index (χ3n) is 12.6. The summed E-state index contributed by atoms with van der Waals surface area (Å²) in [6.45, 7) is 4.14. The lowest BCUT2D eigenvalue weighted by atomic mass is 9.85. The van der Waals surface area contributed by atoms with E-state index in [4.69, 9.17) is 18.5 Å². The molecule has 1 rings (SSSR count). The van der Waals surface area contributed by atoms with Crippen LogP contribution in [0.5, 0.6) is 0 Å². The maximum absolute atomic E-state index is 12.9. The van der Waals surface area contributed by atoms with E-state index in [2.05, 4.69) is 86.8 Å². The summed E-state index contributed by atoms with van der Waals surface area (Å²) in [5, 5.41) is 50.4. The number of aliphatic hydroxyl groups excluding tert-OH is 5. The highest BCUT2D eigenvalue weighted by molar-refractivity contribution is 7.47. The van der Waals surface area contributed by atoms with Crippen molar-refractivity contribution in [2.45, 2.75) is 262 Å². The van der Waals surface area contributed by atoms with E-state index >= 15 is 0 Å². The molecular weight excluding hydrogens is 908 g/mol. The fourth-order valence-corrected chi connectivity index (χ4v) is 9.17. The molecule has 0 bridgehead atoms. The average Bonchev–Trinajstić information content (AvgIpc) is 3.35. The van der Waals surface area contributed by atoms with E-state index in [9.17, 15) is 39.8 Å². The van der Waals surface area contributed by atoms with Gasteiger partial charge in [0, 0.05) is 13.0 Å². The number of ether oxygens (including phenoxy) is 2. The molecule has 0 spiro atoms. The average molecular weight is 1010 g/mol. The van der Waals surface area contributed by atoms with Crippen LogP contribution in [0.25, 0.3) is 0 Å². The Hall–Kier alpha value is -2.22. The number of rotatable bonds is 47. The molecule has 1 aliphatic rings. The quantitative estimate of drug-likeness (QED) is 0.0147. The van der Waals surface area contributed by atoms with Crippen molar-refractivity contribution in [2.75, 3.05) is 19.8 Å². The van der Waals surface area contributed by atoms with Crippen LogP contribution in [-0.4, -0.2) is 98.9 Å². The number of phosphoric acid groups is 1. The molecule has 6 unspecified atom stereocenters. The Morgan fingerprint density at radius 3 is 1.29 bits per heavy atom. The molecule has 0 aromatic carbocycles. The Kier molecular flexibility index (Phi) is 43.8. The molecule has 0 radical (unpaired) electrons. The van der Waals surface area contributed by atoms with E-state index in [1.807, 2.05) is 0 Å². The summed E-state index contributed by atoms with van der Waals surface area (Å²) in [5.41, 5.74) is 0. The molecule has 1 fully saturated rings. The van der Waals surface area contributed by atoms with Crippen molar-refractivity contribution < 1.29 is 58.3 Å². The van der Waals surface area contributed by atoms with E-state index in [0.717, 1.165) is 89.9 Å². The van der Waals surface area contributed by atoms with Gasteiger partial charge >= 0.3 is 13.8 Å². The zero-order chi connectivity index (χ0) is 51.2. The molecule has 6 N–H and O–H groups in total. The van der Waals surface area contributed by atoms with Crippen LogP contribution in [0.1, 0.15) is 219 Å². The normalized spacial score (nSPS) is 21.4. The van der Waals surface area contributed by atoms with Crippen molar-refractivity contribution in [1.82, 2.24) is 0 Å². The highest BCUT2D eigenvalue weighted by Gasteiger charge is 2.51. The fourth-order valence-electron chi connectivity index (χ4n) is 8.20. The van der Waals surface area contributed by atoms with Gasteiger partial charge < -0.3 is 39.9 Å². The Morgan fingerprint density at radius 1 is 0.471 bits per heavy atom. The van der Waals surface area contributed by atoms with E-state index in [-0.39, 0.29) is 13.0 Å². The monoisotopic (exact) mass is 1010 g/mol. The van der Waals surface area contributed by atoms with Crippen LogP contribution in [0.3, 0.4) is 0 Å². The van der Waals surface area contributed by atoms with Gasteiger partial charge in [0.05, 0.1) is 13.2 Å². The first-order valence-corrected chi connectivity index (χ1v) is 29.3. The molecule has 0 aliphatic heterocycles. The molecule has 0 amide bonds. The van der Waals surface area contributed by atoms with Crippen molar-refractivity contribution in [2.24, 2.45) is 0 Å². The number of phosphoric ester groups is 1. The van der Waals surface area contributed by atoms with Gasteiger partial charge in [0.25, 0.3) is 0 Å². The van der Waals surface area contributed by atoms with Gasteiger partial charge in [-0.2, -0.15) is 0 Å². The van der Waals surface area contributed by atoms with Gasteiger partial charge in [-0.25, -0.2) is 4.57 Å². The van der Waals surface area contributed by atoms with Gasteiger partial charge in [0.1, 0.15) is 42.7 Å². The Labute approximate surface area is 425 Å². The number of carbonyl (C=O) groups excluding carboxylic acids is 1. The molecular formula is C57H101O12P. The lowest BCUT2D eigenvalue weighted by Gasteiger charge is -2.41. The molecule has 0 heterocycles. The molecule has 0 aromatic rings. The number of aliphatic hydroxyl groups is 5. The number of esters is 1. The van der Waals surface area contributed by atoms with Gasteiger partial charge in [-0.1, -0.05) is 202 Å². The van der Waals surface area contributed by atoms with E-state index < -0.39 is 63.1 Å². The minimum Gasteiger partial charge on any atom is -0.457 e. The maximum Gasteiger partial charge on any atom is 0.472 e. The third kappa shape index (κ3) is 37.5. The molecule has 12 nitrogen and oxygen atoms in total. The van der Waals surface area contributed by atoms with Crippen LogP contribution in [0.2, 0.25) is 0 Å². The number of carbonyl (C=O) groups is 1. The largest absolute Gasteiger partial charge is 0.472 e. The lowest BCUT2D eigenvalue weighted by molar-refractivity contribution is -0.220. The van der Waals surface area contributed by atoms with Crippen LogP contribution in [-0.2, 0) is 27.9 Å². The minimum absolute atomic E-state index is 0.0854. The molecule has 406 valence electrons. The fraction of sp³-hybridized carbons (Fsp3) is 0.772. The van der Waals surface area contributed by atoms with Crippen molar-refractivity contribution in [3.63, 3.8) is 0 Å². The topological polar surface area (TPSA) is 192 Å². The van der Waals surface area contributed by atoms with E-state index in [1.165, 1.54) is 103 Å². The van der Waals surface area contributed by atoms with Crippen molar-refractivity contribution in [3.05, 3.63) is 72.9 Å². The van der Waals surface area contributed by atoms with Crippen LogP contribution >= 0.6 is 7.82 Å². The van der Waals surface area contributed by atoms with Gasteiger partial charge in [-0.15, -0.1) is 0 Å². The number of hydrogen-bond donors (Lipinski definition) is 6. The summed E-state index contributed by atoms with van der Waals surface area (Å²) >= 11 is 0. The van der Waals surface area contributed by atoms with Crippen molar-refractivity contribution in [3.8, 4) is 0 Å². The van der Waals surface area contributed by atoms with Gasteiger partial charge in [0.2, 0.25) is 0 Å². The van der Waals surface area contributed by atoms with Crippen LogP contribution < -0.4 is 0 Å². The second-order valence-electron chi connectivity index (χ2n) is 19.0. The number of unbranched alkanes of at least 4 members (excludes halogenated alkanes) is 23. The molecule has 70 heavy (non-hydrogen) atoms. The van der Waals surface area contributed by atoms with Gasteiger partial charge in [0.15, 0.2) is 0 Å². The molecule has 1 aliphatic carbocycles. The minimum atomic E-state index is -5.03. The summed E-state index contributed by atoms with van der Waals surface area (Å²) in [5.74, 6) is -0.484. The summed E-state index contributed by atoms with van der Waals surface area (Å²) in [4.78, 5) is 23.3. The predicted molar refractivity (Wildman–Crippen MR) is 285 cm³/mol. The first-order valence-electron chi connectivity index (χ1n) is 27.8. The molecule has 1 saturated carbocycles. The van der Waals surface area contributed by atoms with Gasteiger partial charge in [-0.05, 0) is 83.5 Å². The molecule has 0 aromatic heterocycles. The summed E-state index contributed by atoms with van der Waals surface area (Å²) < 4.78 is 34.4. The van der Waals surface area contributed by atoms with Crippen LogP contribution in [0.15, 0.2) is 72.9 Å². The Bertz CT molecular complexity index is 1430. The standard InChI is InChI=1S/C57H101O12P/c1-3-5-7-9-11-13-15-17-19-21-23-25-27-29-31-33-35-37-39-41-43-45-47-66-48-50(49-67-70(64,65)69-57-55(62)53(60)52(59)54(61)56(57)63)68-51(58)46-44-42-40-38-36-34-32-30-28-26-24-22-20-18-16-14-12-10-8-6-4-2/h5,7,11,13,16-19,22-25,50,52-57,59-63H,3-4,6,8-10,12,14-15,20-21,26-49H2,1-2H3,(H,64,65)/b7-5-,13-11-,18-16-,19-17-,24-22-,25-23-. The van der Waals surface area contributed by atoms with E-state index in [1.54, 1.807) is 0 Å². The molecule has 0 saturated heterocycles. The SMILES string of the molecule is CC/C=C\C/C=C\C/C=C\C/C=C\CCCCCCCCCCCOCC(COP(=O)(O)OC1C(O)C(O)C(O)C(O)C1O)OC(=O)CCCCCCCCCCC/C=C\C/C=C\CCCCCCC. The first kappa shape index (κ1) is 65.8. The number of hydrogen-bond acceptors (Lipinski definition) is 11. The van der Waals surface area contributed by atoms with E-state index in [0.29, 0.717) is 13.0 Å². The maximum atomic E-state index is 12.9.